The van der Waals surface area contributed by atoms with E-state index in [1.165, 1.54) is 33.6 Å². The molecule has 0 aliphatic carbocycles. The van der Waals surface area contributed by atoms with Crippen LogP contribution in [0.2, 0.25) is 0 Å². The summed E-state index contributed by atoms with van der Waals surface area (Å²) in [6.45, 7) is 5.41. The normalized spacial score (nSPS) is 10.9. The number of hydrogen-bond acceptors (Lipinski definition) is 8. The van der Waals surface area contributed by atoms with Crippen LogP contribution < -0.4 is 15.6 Å². The highest BCUT2D eigenvalue weighted by Gasteiger charge is 2.22. The van der Waals surface area contributed by atoms with E-state index in [0.29, 0.717) is 20.8 Å². The smallest absolute Gasteiger partial charge is 0.341 e. The fourth-order valence-electron chi connectivity index (χ4n) is 3.55. The van der Waals surface area contributed by atoms with Gasteiger partial charge in [-0.05, 0) is 44.0 Å². The van der Waals surface area contributed by atoms with E-state index in [1.807, 2.05) is 43.5 Å². The fourth-order valence-corrected chi connectivity index (χ4v) is 5.52. The lowest BCUT2D eigenvalue weighted by atomic mass is 10.1. The Morgan fingerprint density at radius 1 is 1.18 bits per heavy atom. The first-order valence-corrected chi connectivity index (χ1v) is 12.2. The summed E-state index contributed by atoms with van der Waals surface area (Å²) in [5, 5.41) is 5.52. The maximum atomic E-state index is 13.3. The Hall–Kier alpha value is -3.50. The van der Waals surface area contributed by atoms with E-state index in [9.17, 15) is 14.4 Å². The Kier molecular flexibility index (Phi) is 6.80. The molecule has 1 N–H and O–H groups in total. The molecule has 0 radical (unpaired) electrons. The zero-order valence-electron chi connectivity index (χ0n) is 19.1. The van der Waals surface area contributed by atoms with Crippen molar-refractivity contribution in [2.75, 3.05) is 19.0 Å². The number of thiophene rings is 2. The molecule has 0 fully saturated rings. The van der Waals surface area contributed by atoms with Gasteiger partial charge in [-0.1, -0.05) is 12.1 Å². The first-order valence-electron chi connectivity index (χ1n) is 10.5. The zero-order chi connectivity index (χ0) is 24.4. The molecule has 3 heterocycles. The number of carbonyl (C=O) groups is 2. The fraction of sp³-hybridized carbons (Fsp3) is 0.250. The topological polar surface area (TPSA) is 99.5 Å². The van der Waals surface area contributed by atoms with Crippen LogP contribution in [-0.2, 0) is 16.1 Å². The minimum Gasteiger partial charge on any atom is -0.497 e. The van der Waals surface area contributed by atoms with Crippen LogP contribution in [-0.4, -0.2) is 35.1 Å². The minimum absolute atomic E-state index is 0.235. The molecular formula is C24H23N3O5S2. The molecular weight excluding hydrogens is 474 g/mol. The van der Waals surface area contributed by atoms with E-state index in [-0.39, 0.29) is 18.7 Å². The van der Waals surface area contributed by atoms with Crippen LogP contribution in [0, 0.1) is 13.8 Å². The van der Waals surface area contributed by atoms with Gasteiger partial charge in [-0.15, -0.1) is 22.7 Å². The predicted molar refractivity (Wildman–Crippen MR) is 134 cm³/mol. The third kappa shape index (κ3) is 4.46. The number of aromatic nitrogens is 2. The number of fused-ring (bicyclic) bond motifs is 1. The molecule has 0 atom stereocenters. The Balaban J connectivity index is 1.63. The number of methoxy groups -OCH3 is 1. The number of anilines is 1. The van der Waals surface area contributed by atoms with Crippen molar-refractivity contribution in [1.29, 1.82) is 0 Å². The maximum absolute atomic E-state index is 13.3. The third-order valence-electron chi connectivity index (χ3n) is 5.39. The Bertz CT molecular complexity index is 1430. The number of carbonyl (C=O) groups excluding carboxylic acids is 2. The lowest BCUT2D eigenvalue weighted by Gasteiger charge is -2.09. The molecule has 0 aliphatic rings. The number of rotatable bonds is 7. The monoisotopic (exact) mass is 497 g/mol. The minimum atomic E-state index is -0.484. The van der Waals surface area contributed by atoms with E-state index in [2.05, 4.69) is 10.3 Å². The van der Waals surface area contributed by atoms with Crippen molar-refractivity contribution in [3.05, 3.63) is 62.3 Å². The lowest BCUT2D eigenvalue weighted by molar-refractivity contribution is -0.116. The molecule has 34 heavy (non-hydrogen) atoms. The Labute approximate surface area is 203 Å². The van der Waals surface area contributed by atoms with Crippen molar-refractivity contribution in [1.82, 2.24) is 9.55 Å². The van der Waals surface area contributed by atoms with Crippen molar-refractivity contribution in [3.63, 3.8) is 0 Å². The van der Waals surface area contributed by atoms with Crippen molar-refractivity contribution >= 4 is 49.8 Å². The van der Waals surface area contributed by atoms with Gasteiger partial charge in [-0.3, -0.25) is 14.2 Å². The van der Waals surface area contributed by atoms with Crippen LogP contribution in [0.5, 0.6) is 5.75 Å². The maximum Gasteiger partial charge on any atom is 0.341 e. The van der Waals surface area contributed by atoms with Crippen LogP contribution >= 0.6 is 22.7 Å². The van der Waals surface area contributed by atoms with Gasteiger partial charge in [0.1, 0.15) is 22.1 Å². The number of nitrogens with one attached hydrogen (secondary N) is 1. The molecule has 0 spiro atoms. The van der Waals surface area contributed by atoms with Gasteiger partial charge in [0.15, 0.2) is 0 Å². The van der Waals surface area contributed by atoms with Crippen molar-refractivity contribution < 1.29 is 19.1 Å². The van der Waals surface area contributed by atoms with Gasteiger partial charge in [0.25, 0.3) is 5.56 Å². The van der Waals surface area contributed by atoms with Gasteiger partial charge in [-0.2, -0.15) is 0 Å². The quantitative estimate of drug-likeness (QED) is 0.374. The summed E-state index contributed by atoms with van der Waals surface area (Å²) in [7, 11) is 1.59. The molecule has 176 valence electrons. The first kappa shape index (κ1) is 23.7. The summed E-state index contributed by atoms with van der Waals surface area (Å²) in [6, 6.07) is 7.41. The van der Waals surface area contributed by atoms with E-state index in [1.54, 1.807) is 14.0 Å². The molecule has 1 aromatic carbocycles. The van der Waals surface area contributed by atoms with Crippen LogP contribution in [0.3, 0.4) is 0 Å². The molecule has 8 nitrogen and oxygen atoms in total. The van der Waals surface area contributed by atoms with E-state index < -0.39 is 11.9 Å². The third-order valence-corrected chi connectivity index (χ3v) is 7.40. The number of benzene rings is 1. The van der Waals surface area contributed by atoms with Crippen molar-refractivity contribution in [2.24, 2.45) is 0 Å². The van der Waals surface area contributed by atoms with Crippen LogP contribution in [0.1, 0.15) is 27.7 Å². The number of ether oxygens (including phenoxy) is 2. The highest BCUT2D eigenvalue weighted by atomic mass is 32.1. The molecule has 10 heteroatoms. The van der Waals surface area contributed by atoms with E-state index in [4.69, 9.17) is 9.47 Å². The number of aryl methyl sites for hydroxylation is 1. The average molecular weight is 498 g/mol. The first-order chi connectivity index (χ1) is 16.3. The molecule has 0 aliphatic heterocycles. The van der Waals surface area contributed by atoms with Crippen LogP contribution in [0.4, 0.5) is 5.00 Å². The number of amides is 1. The predicted octanol–water partition coefficient (Wildman–Crippen LogP) is 4.63. The second-order valence-corrected chi connectivity index (χ2v) is 9.57. The van der Waals surface area contributed by atoms with Crippen LogP contribution in [0.15, 0.2) is 40.8 Å². The molecule has 1 amide bonds. The second-order valence-electron chi connectivity index (χ2n) is 7.49. The van der Waals surface area contributed by atoms with E-state index in [0.717, 1.165) is 27.3 Å². The molecule has 3 aromatic heterocycles. The molecule has 4 aromatic rings. The number of hydrogen-bond donors (Lipinski definition) is 1. The van der Waals surface area contributed by atoms with Crippen molar-refractivity contribution in [2.45, 2.75) is 27.3 Å². The van der Waals surface area contributed by atoms with Crippen LogP contribution in [0.25, 0.3) is 21.3 Å². The summed E-state index contributed by atoms with van der Waals surface area (Å²) in [5.41, 5.74) is 2.41. The molecule has 4 rings (SSSR count). The Morgan fingerprint density at radius 3 is 2.59 bits per heavy atom. The summed E-state index contributed by atoms with van der Waals surface area (Å²) >= 11 is 2.67. The Morgan fingerprint density at radius 2 is 1.91 bits per heavy atom. The molecule has 0 saturated heterocycles. The SMILES string of the molecule is CCOC(=O)c1c(NC(=O)Cn2cnc3scc(-c4ccc(OC)cc4)c3c2=O)sc(C)c1C. The van der Waals surface area contributed by atoms with Crippen molar-refractivity contribution in [3.8, 4) is 16.9 Å². The average Bonchev–Trinajstić information content (AvgIpc) is 3.37. The van der Waals surface area contributed by atoms with Gasteiger partial charge < -0.3 is 14.8 Å². The molecule has 0 saturated carbocycles. The number of esters is 1. The summed E-state index contributed by atoms with van der Waals surface area (Å²) in [4.78, 5) is 44.4. The summed E-state index contributed by atoms with van der Waals surface area (Å²) < 4.78 is 11.6. The summed E-state index contributed by atoms with van der Waals surface area (Å²) in [6.07, 6.45) is 1.37. The second kappa shape index (κ2) is 9.78. The van der Waals surface area contributed by atoms with Gasteiger partial charge in [0.2, 0.25) is 5.91 Å². The molecule has 0 unspecified atom stereocenters. The van der Waals surface area contributed by atoms with E-state index >= 15 is 0 Å². The largest absolute Gasteiger partial charge is 0.497 e. The highest BCUT2D eigenvalue weighted by molar-refractivity contribution is 7.17. The summed E-state index contributed by atoms with van der Waals surface area (Å²) in [5.74, 6) is -0.199. The zero-order valence-corrected chi connectivity index (χ0v) is 20.8. The number of nitrogens with zero attached hydrogens (tertiary/aromatic N) is 2. The van der Waals surface area contributed by atoms with Gasteiger partial charge in [0, 0.05) is 15.8 Å². The van der Waals surface area contributed by atoms with Gasteiger partial charge >= 0.3 is 5.97 Å². The highest BCUT2D eigenvalue weighted by Crippen LogP contribution is 2.33. The van der Waals surface area contributed by atoms with Gasteiger partial charge in [0.05, 0.1) is 31.0 Å². The molecule has 0 bridgehead atoms. The van der Waals surface area contributed by atoms with Gasteiger partial charge in [-0.25, -0.2) is 9.78 Å². The lowest BCUT2D eigenvalue weighted by Crippen LogP contribution is -2.28. The standard InChI is InChI=1S/C24H23N3O5S2/c1-5-32-24(30)19-13(2)14(3)34-22(19)26-18(28)10-27-12-25-21-20(23(27)29)17(11-33-21)15-6-8-16(31-4)9-7-15/h6-9,11-12H,5,10H2,1-4H3,(H,26,28).